The van der Waals surface area contributed by atoms with Gasteiger partial charge in [0.25, 0.3) is 0 Å². The Morgan fingerprint density at radius 1 is 1.16 bits per heavy atom. The molecular formula is C21H23ClN2S. The number of thioether (sulfide) groups is 1. The highest BCUT2D eigenvalue weighted by Crippen LogP contribution is 2.24. The molecule has 0 saturated heterocycles. The fourth-order valence-corrected chi connectivity index (χ4v) is 2.98. The van der Waals surface area contributed by atoms with E-state index < -0.39 is 0 Å². The molecule has 0 aliphatic heterocycles. The lowest BCUT2D eigenvalue weighted by molar-refractivity contribution is 0.828. The molecule has 0 N–H and O–H groups in total. The van der Waals surface area contributed by atoms with Gasteiger partial charge in [-0.1, -0.05) is 60.7 Å². The summed E-state index contributed by atoms with van der Waals surface area (Å²) in [7, 11) is 2.03. The lowest BCUT2D eigenvalue weighted by Gasteiger charge is -2.21. The maximum Gasteiger partial charge on any atom is 0.168 e. The molecule has 0 amide bonds. The Morgan fingerprint density at radius 3 is 2.56 bits per heavy atom. The first kappa shape index (κ1) is 19.4. The molecule has 0 bridgehead atoms. The zero-order valence-corrected chi connectivity index (χ0v) is 16.5. The molecule has 2 rings (SSSR count). The maximum absolute atomic E-state index is 5.95. The smallest absolute Gasteiger partial charge is 0.168 e. The Hall–Kier alpha value is -1.89. The van der Waals surface area contributed by atoms with E-state index in [1.807, 2.05) is 49.7 Å². The van der Waals surface area contributed by atoms with Crippen molar-refractivity contribution in [2.24, 2.45) is 4.99 Å². The Bertz CT molecular complexity index is 772. The maximum atomic E-state index is 5.95. The van der Waals surface area contributed by atoms with Crippen LogP contribution < -0.4 is 4.90 Å². The molecule has 0 fully saturated rings. The third kappa shape index (κ3) is 5.85. The predicted molar refractivity (Wildman–Crippen MR) is 113 cm³/mol. The van der Waals surface area contributed by atoms with Gasteiger partial charge in [-0.2, -0.15) is 0 Å². The zero-order valence-electron chi connectivity index (χ0n) is 14.9. The summed E-state index contributed by atoms with van der Waals surface area (Å²) in [5, 5.41) is 1.62. The molecule has 0 aliphatic carbocycles. The van der Waals surface area contributed by atoms with Crippen LogP contribution in [0, 0.1) is 11.8 Å². The van der Waals surface area contributed by atoms with Gasteiger partial charge in [0, 0.05) is 24.1 Å². The second-order valence-corrected chi connectivity index (χ2v) is 6.77. The van der Waals surface area contributed by atoms with E-state index in [1.54, 1.807) is 11.8 Å². The van der Waals surface area contributed by atoms with Crippen LogP contribution in [0.4, 0.5) is 11.4 Å². The molecular weight excluding hydrogens is 348 g/mol. The average molecular weight is 371 g/mol. The van der Waals surface area contributed by atoms with Crippen molar-refractivity contribution in [2.45, 2.75) is 26.2 Å². The molecule has 2 aromatic carbocycles. The van der Waals surface area contributed by atoms with Crippen LogP contribution in [0.15, 0.2) is 53.5 Å². The molecule has 2 aromatic rings. The van der Waals surface area contributed by atoms with Crippen molar-refractivity contribution in [3.8, 4) is 11.8 Å². The minimum Gasteiger partial charge on any atom is -0.323 e. The average Bonchev–Trinajstić information content (AvgIpc) is 2.64. The second-order valence-electron chi connectivity index (χ2n) is 5.56. The fourth-order valence-electron chi connectivity index (χ4n) is 2.28. The summed E-state index contributed by atoms with van der Waals surface area (Å²) < 4.78 is 0. The lowest BCUT2D eigenvalue weighted by Crippen LogP contribution is -2.24. The van der Waals surface area contributed by atoms with Crippen LogP contribution in [0.5, 0.6) is 0 Å². The number of para-hydroxylation sites is 1. The van der Waals surface area contributed by atoms with Crippen molar-refractivity contribution >= 4 is 39.9 Å². The standard InChI is InChI=1S/C21H23ClN2S/c1-4-5-6-7-10-17-11-8-9-12-20(17)24(2)21(25-3)23-19-15-13-18(22)14-16-19/h8-9,11-16H,4-6H2,1-3H3. The molecule has 4 heteroatoms. The van der Waals surface area contributed by atoms with Gasteiger partial charge in [-0.25, -0.2) is 4.99 Å². The number of benzene rings is 2. The molecule has 0 atom stereocenters. The van der Waals surface area contributed by atoms with Gasteiger partial charge in [0.05, 0.1) is 11.4 Å². The number of hydrogen-bond acceptors (Lipinski definition) is 2. The third-order valence-corrected chi connectivity index (χ3v) is 4.65. The molecule has 2 nitrogen and oxygen atoms in total. The van der Waals surface area contributed by atoms with Crippen LogP contribution >= 0.6 is 23.4 Å². The number of amidine groups is 1. The zero-order chi connectivity index (χ0) is 18.1. The van der Waals surface area contributed by atoms with Gasteiger partial charge >= 0.3 is 0 Å². The molecule has 0 aromatic heterocycles. The van der Waals surface area contributed by atoms with Crippen LogP contribution in [0.2, 0.25) is 5.02 Å². The van der Waals surface area contributed by atoms with E-state index in [-0.39, 0.29) is 0 Å². The van der Waals surface area contributed by atoms with E-state index in [0.717, 1.165) is 34.9 Å². The monoisotopic (exact) mass is 370 g/mol. The largest absolute Gasteiger partial charge is 0.323 e. The van der Waals surface area contributed by atoms with Gasteiger partial charge in [0.15, 0.2) is 5.17 Å². The predicted octanol–water partition coefficient (Wildman–Crippen LogP) is 6.37. The van der Waals surface area contributed by atoms with Crippen molar-refractivity contribution in [1.29, 1.82) is 0 Å². The molecule has 0 aliphatic rings. The highest BCUT2D eigenvalue weighted by molar-refractivity contribution is 8.13. The number of rotatable bonds is 4. The van der Waals surface area contributed by atoms with Crippen molar-refractivity contribution in [2.75, 3.05) is 18.2 Å². The van der Waals surface area contributed by atoms with Gasteiger partial charge < -0.3 is 4.90 Å². The van der Waals surface area contributed by atoms with Crippen molar-refractivity contribution in [3.05, 3.63) is 59.1 Å². The molecule has 0 saturated carbocycles. The summed E-state index contributed by atoms with van der Waals surface area (Å²) >= 11 is 7.56. The van der Waals surface area contributed by atoms with Gasteiger partial charge in [0.2, 0.25) is 0 Å². The van der Waals surface area contributed by atoms with E-state index in [4.69, 9.17) is 16.6 Å². The van der Waals surface area contributed by atoms with Gasteiger partial charge in [-0.05, 0) is 49.1 Å². The number of hydrogen-bond donors (Lipinski definition) is 0. The minimum absolute atomic E-state index is 0.714. The third-order valence-electron chi connectivity index (χ3n) is 3.66. The van der Waals surface area contributed by atoms with Crippen LogP contribution in [0.1, 0.15) is 31.7 Å². The lowest BCUT2D eigenvalue weighted by atomic mass is 10.1. The molecule has 0 spiro atoms. The molecule has 0 heterocycles. The van der Waals surface area contributed by atoms with E-state index in [1.165, 1.54) is 6.42 Å². The number of unbranched alkanes of at least 4 members (excludes halogenated alkanes) is 2. The first-order valence-corrected chi connectivity index (χ1v) is 9.96. The van der Waals surface area contributed by atoms with Gasteiger partial charge in [0.1, 0.15) is 0 Å². The summed E-state index contributed by atoms with van der Waals surface area (Å²) in [6.07, 6.45) is 5.27. The fraction of sp³-hybridized carbons (Fsp3) is 0.286. The van der Waals surface area contributed by atoms with Crippen LogP contribution in [-0.2, 0) is 0 Å². The van der Waals surface area contributed by atoms with Crippen LogP contribution in [0.25, 0.3) is 0 Å². The number of nitrogens with zero attached hydrogens (tertiary/aromatic N) is 2. The number of anilines is 1. The summed E-state index contributed by atoms with van der Waals surface area (Å²) in [4.78, 5) is 6.83. The second kappa shape index (κ2) is 10.2. The normalized spacial score (nSPS) is 11.0. The SMILES string of the molecule is CCCCC#Cc1ccccc1N(C)C(=Nc1ccc(Cl)cc1)SC. The summed E-state index contributed by atoms with van der Waals surface area (Å²) in [6, 6.07) is 15.7. The van der Waals surface area contributed by atoms with Gasteiger partial charge in [-0.15, -0.1) is 0 Å². The summed E-state index contributed by atoms with van der Waals surface area (Å²) in [5.41, 5.74) is 2.97. The van der Waals surface area contributed by atoms with E-state index >= 15 is 0 Å². The topological polar surface area (TPSA) is 15.6 Å². The van der Waals surface area contributed by atoms with E-state index in [0.29, 0.717) is 5.02 Å². The summed E-state index contributed by atoms with van der Waals surface area (Å²) in [5.74, 6) is 6.58. The highest BCUT2D eigenvalue weighted by atomic mass is 35.5. The molecule has 0 radical (unpaired) electrons. The number of halogens is 1. The molecule has 0 unspecified atom stereocenters. The van der Waals surface area contributed by atoms with Crippen molar-refractivity contribution in [3.63, 3.8) is 0 Å². The van der Waals surface area contributed by atoms with Crippen molar-refractivity contribution in [1.82, 2.24) is 0 Å². The van der Waals surface area contributed by atoms with Crippen LogP contribution in [0.3, 0.4) is 0 Å². The first-order chi connectivity index (χ1) is 12.2. The van der Waals surface area contributed by atoms with Gasteiger partial charge in [-0.3, -0.25) is 0 Å². The molecule has 25 heavy (non-hydrogen) atoms. The number of aliphatic imine (C=N–C) groups is 1. The first-order valence-electron chi connectivity index (χ1n) is 8.35. The van der Waals surface area contributed by atoms with E-state index in [9.17, 15) is 0 Å². The van der Waals surface area contributed by atoms with E-state index in [2.05, 4.69) is 35.8 Å². The Labute approximate surface area is 160 Å². The molecule has 130 valence electrons. The Balaban J connectivity index is 2.29. The van der Waals surface area contributed by atoms with Crippen molar-refractivity contribution < 1.29 is 0 Å². The Morgan fingerprint density at radius 2 is 1.88 bits per heavy atom. The minimum atomic E-state index is 0.714. The quantitative estimate of drug-likeness (QED) is 0.269. The van der Waals surface area contributed by atoms with Crippen LogP contribution in [-0.4, -0.2) is 18.5 Å². The highest BCUT2D eigenvalue weighted by Gasteiger charge is 2.11. The summed E-state index contributed by atoms with van der Waals surface area (Å²) in [6.45, 7) is 2.18. The Kier molecular flexibility index (Phi) is 7.91.